The summed E-state index contributed by atoms with van der Waals surface area (Å²) >= 11 is 0. The number of nitrogens with one attached hydrogen (secondary N) is 1. The number of anilines is 1. The third-order valence-corrected chi connectivity index (χ3v) is 2.53. The molecule has 0 saturated carbocycles. The highest BCUT2D eigenvalue weighted by Gasteiger charge is 2.10. The van der Waals surface area contributed by atoms with E-state index in [2.05, 4.69) is 15.5 Å². The van der Waals surface area contributed by atoms with Crippen molar-refractivity contribution in [1.29, 1.82) is 0 Å². The van der Waals surface area contributed by atoms with E-state index < -0.39 is 0 Å². The number of hydrogen-bond acceptors (Lipinski definition) is 5. The number of carbonyl (C=O) groups excluding carboxylic acids is 2. The minimum absolute atomic E-state index is 0.135. The highest BCUT2D eigenvalue weighted by atomic mass is 16.4. The highest BCUT2D eigenvalue weighted by Crippen LogP contribution is 2.23. The van der Waals surface area contributed by atoms with Gasteiger partial charge in [-0.3, -0.25) is 9.59 Å². The number of rotatable bonds is 4. The molecule has 0 aliphatic carbocycles. The molecule has 0 spiro atoms. The lowest BCUT2D eigenvalue weighted by Crippen LogP contribution is -2.15. The van der Waals surface area contributed by atoms with Gasteiger partial charge >= 0.3 is 0 Å². The third-order valence-electron chi connectivity index (χ3n) is 2.53. The Labute approximate surface area is 109 Å². The molecular weight excluding hydrogens is 246 g/mol. The van der Waals surface area contributed by atoms with E-state index in [0.717, 1.165) is 5.56 Å². The van der Waals surface area contributed by atoms with Crippen molar-refractivity contribution in [3.63, 3.8) is 0 Å². The summed E-state index contributed by atoms with van der Waals surface area (Å²) in [6, 6.07) is 5.40. The largest absolute Gasteiger partial charge is 0.423 e. The van der Waals surface area contributed by atoms with Crippen molar-refractivity contribution in [3.05, 3.63) is 30.2 Å². The number of benzene rings is 1. The van der Waals surface area contributed by atoms with Crippen LogP contribution in [0, 0.1) is 6.92 Å². The van der Waals surface area contributed by atoms with E-state index in [0.29, 0.717) is 17.1 Å². The first-order valence-electron chi connectivity index (χ1n) is 5.73. The smallest absolute Gasteiger partial charge is 0.247 e. The van der Waals surface area contributed by atoms with Gasteiger partial charge in [0.15, 0.2) is 0 Å². The van der Waals surface area contributed by atoms with Crippen molar-refractivity contribution < 1.29 is 14.0 Å². The molecule has 0 saturated heterocycles. The Kier molecular flexibility index (Phi) is 3.70. The van der Waals surface area contributed by atoms with E-state index in [1.54, 1.807) is 6.07 Å². The summed E-state index contributed by atoms with van der Waals surface area (Å²) in [5.74, 6) is -0.136. The predicted molar refractivity (Wildman–Crippen MR) is 68.4 cm³/mol. The fraction of sp³-hybridized carbons (Fsp3) is 0.231. The normalized spacial score (nSPS) is 10.2. The van der Waals surface area contributed by atoms with Crippen LogP contribution in [0.15, 0.2) is 29.0 Å². The second kappa shape index (κ2) is 5.43. The molecule has 2 rings (SSSR count). The van der Waals surface area contributed by atoms with Crippen LogP contribution in [0.4, 0.5) is 5.69 Å². The quantitative estimate of drug-likeness (QED) is 0.848. The lowest BCUT2D eigenvalue weighted by atomic mass is 10.1. The summed E-state index contributed by atoms with van der Waals surface area (Å²) in [5.41, 5.74) is 2.23. The summed E-state index contributed by atoms with van der Waals surface area (Å²) in [6.07, 6.45) is 1.10. The van der Waals surface area contributed by atoms with E-state index in [9.17, 15) is 9.59 Å². The Morgan fingerprint density at radius 3 is 2.79 bits per heavy atom. The number of amides is 1. The Bertz CT molecular complexity index is 606. The summed E-state index contributed by atoms with van der Waals surface area (Å²) in [4.78, 5) is 22.5. The Morgan fingerprint density at radius 1 is 1.37 bits per heavy atom. The molecule has 1 aromatic heterocycles. The maximum atomic E-state index is 11.6. The van der Waals surface area contributed by atoms with Crippen LogP contribution >= 0.6 is 0 Å². The minimum Gasteiger partial charge on any atom is -0.423 e. The zero-order valence-corrected chi connectivity index (χ0v) is 10.6. The first-order valence-corrected chi connectivity index (χ1v) is 5.73. The molecule has 0 bridgehead atoms. The van der Waals surface area contributed by atoms with E-state index in [1.165, 1.54) is 13.3 Å². The lowest BCUT2D eigenvalue weighted by molar-refractivity contribution is -0.124. The van der Waals surface area contributed by atoms with Gasteiger partial charge in [-0.2, -0.15) is 0 Å². The van der Waals surface area contributed by atoms with E-state index in [-0.39, 0.29) is 18.1 Å². The summed E-state index contributed by atoms with van der Waals surface area (Å²) in [6.45, 7) is 3.24. The van der Waals surface area contributed by atoms with Crippen LogP contribution in [-0.2, 0) is 9.59 Å². The van der Waals surface area contributed by atoms with Gasteiger partial charge in [0.1, 0.15) is 5.78 Å². The van der Waals surface area contributed by atoms with Gasteiger partial charge in [-0.1, -0.05) is 6.07 Å². The molecule has 1 heterocycles. The zero-order valence-electron chi connectivity index (χ0n) is 10.6. The molecule has 0 fully saturated rings. The van der Waals surface area contributed by atoms with Crippen molar-refractivity contribution in [2.75, 3.05) is 5.32 Å². The summed E-state index contributed by atoms with van der Waals surface area (Å²) in [7, 11) is 0. The molecule has 1 amide bonds. The second-order valence-corrected chi connectivity index (χ2v) is 4.20. The van der Waals surface area contributed by atoms with Crippen molar-refractivity contribution in [2.45, 2.75) is 20.3 Å². The minimum atomic E-state index is -0.335. The molecule has 98 valence electrons. The molecule has 0 aliphatic heterocycles. The standard InChI is InChI=1S/C13H13N3O3/c1-8-3-4-10(13-16-14-7-19-13)6-11(8)15-12(18)5-9(2)17/h3-4,6-7H,5H2,1-2H3,(H,15,18). The number of aromatic nitrogens is 2. The molecule has 1 aromatic carbocycles. The van der Waals surface area contributed by atoms with Crippen LogP contribution in [0.3, 0.4) is 0 Å². The fourth-order valence-corrected chi connectivity index (χ4v) is 1.61. The summed E-state index contributed by atoms with van der Waals surface area (Å²) < 4.78 is 5.09. The first kappa shape index (κ1) is 12.9. The van der Waals surface area contributed by atoms with Gasteiger partial charge in [0.05, 0.1) is 6.42 Å². The SMILES string of the molecule is CC(=O)CC(=O)Nc1cc(-c2nnco2)ccc1C. The lowest BCUT2D eigenvalue weighted by Gasteiger charge is -2.08. The number of carbonyl (C=O) groups is 2. The number of Topliss-reactive ketones (excluding diaryl/α,β-unsaturated/α-hetero) is 1. The molecular formula is C13H13N3O3. The Balaban J connectivity index is 2.23. The van der Waals surface area contributed by atoms with Gasteiger partial charge in [0.25, 0.3) is 0 Å². The van der Waals surface area contributed by atoms with Gasteiger partial charge in [-0.05, 0) is 31.5 Å². The maximum absolute atomic E-state index is 11.6. The van der Waals surface area contributed by atoms with Crippen LogP contribution in [0.1, 0.15) is 18.9 Å². The van der Waals surface area contributed by atoms with Crippen LogP contribution in [0.2, 0.25) is 0 Å². The molecule has 2 aromatic rings. The van der Waals surface area contributed by atoms with Crippen molar-refractivity contribution in [1.82, 2.24) is 10.2 Å². The number of nitrogens with zero attached hydrogens (tertiary/aromatic N) is 2. The Hall–Kier alpha value is -2.50. The van der Waals surface area contributed by atoms with Gasteiger partial charge in [0.2, 0.25) is 18.2 Å². The average molecular weight is 259 g/mol. The molecule has 0 radical (unpaired) electrons. The van der Waals surface area contributed by atoms with E-state index >= 15 is 0 Å². The van der Waals surface area contributed by atoms with E-state index in [1.807, 2.05) is 19.1 Å². The zero-order chi connectivity index (χ0) is 13.8. The molecule has 0 unspecified atom stereocenters. The highest BCUT2D eigenvalue weighted by molar-refractivity contribution is 6.04. The first-order chi connectivity index (χ1) is 9.06. The second-order valence-electron chi connectivity index (χ2n) is 4.20. The van der Waals surface area contributed by atoms with E-state index in [4.69, 9.17) is 4.42 Å². The molecule has 1 N–H and O–H groups in total. The Morgan fingerprint density at radius 2 is 2.16 bits per heavy atom. The molecule has 6 nitrogen and oxygen atoms in total. The van der Waals surface area contributed by atoms with Gasteiger partial charge in [-0.15, -0.1) is 10.2 Å². The van der Waals surface area contributed by atoms with Crippen molar-refractivity contribution >= 4 is 17.4 Å². The van der Waals surface area contributed by atoms with Crippen LogP contribution < -0.4 is 5.32 Å². The van der Waals surface area contributed by atoms with Crippen molar-refractivity contribution in [3.8, 4) is 11.5 Å². The van der Waals surface area contributed by atoms with Crippen LogP contribution in [-0.4, -0.2) is 21.9 Å². The molecule has 0 aliphatic rings. The van der Waals surface area contributed by atoms with Crippen LogP contribution in [0.5, 0.6) is 0 Å². The van der Waals surface area contributed by atoms with Gasteiger partial charge in [0, 0.05) is 11.3 Å². The third kappa shape index (κ3) is 3.25. The summed E-state index contributed by atoms with van der Waals surface area (Å²) in [5, 5.41) is 10.1. The van der Waals surface area contributed by atoms with Crippen LogP contribution in [0.25, 0.3) is 11.5 Å². The molecule has 0 atom stereocenters. The average Bonchev–Trinajstić information content (AvgIpc) is 2.84. The molecule has 19 heavy (non-hydrogen) atoms. The number of aryl methyl sites for hydroxylation is 1. The molecule has 6 heteroatoms. The monoisotopic (exact) mass is 259 g/mol. The van der Waals surface area contributed by atoms with Gasteiger partial charge in [-0.25, -0.2) is 0 Å². The number of hydrogen-bond donors (Lipinski definition) is 1. The van der Waals surface area contributed by atoms with Gasteiger partial charge < -0.3 is 9.73 Å². The predicted octanol–water partition coefficient (Wildman–Crippen LogP) is 1.96. The fourth-order valence-electron chi connectivity index (χ4n) is 1.61. The maximum Gasteiger partial charge on any atom is 0.247 e. The topological polar surface area (TPSA) is 85.1 Å². The number of ketones is 1. The van der Waals surface area contributed by atoms with Crippen molar-refractivity contribution in [2.24, 2.45) is 0 Å².